The van der Waals surface area contributed by atoms with Gasteiger partial charge in [-0.15, -0.1) is 0 Å². The highest BCUT2D eigenvalue weighted by Crippen LogP contribution is 2.31. The largest absolute Gasteiger partial charge is 0.496 e. The predicted octanol–water partition coefficient (Wildman–Crippen LogP) is 3.00. The fourth-order valence-electron chi connectivity index (χ4n) is 1.34. The van der Waals surface area contributed by atoms with Crippen LogP contribution in [-0.2, 0) is 4.74 Å². The third kappa shape index (κ3) is 4.03. The van der Waals surface area contributed by atoms with Crippen LogP contribution in [0.4, 0.5) is 10.5 Å². The van der Waals surface area contributed by atoms with Gasteiger partial charge in [0.2, 0.25) is 0 Å². The lowest BCUT2D eigenvalue weighted by molar-refractivity contribution is 0.0693. The lowest BCUT2D eigenvalue weighted by atomic mass is 10.2. The molecule has 0 aliphatic rings. The molecule has 0 aliphatic carbocycles. The first-order valence-electron chi connectivity index (χ1n) is 5.43. The van der Waals surface area contributed by atoms with Crippen molar-refractivity contribution in [1.82, 2.24) is 0 Å². The van der Waals surface area contributed by atoms with Crippen LogP contribution in [0.15, 0.2) is 12.1 Å². The quantitative estimate of drug-likeness (QED) is 0.889. The van der Waals surface area contributed by atoms with Crippen LogP contribution < -0.4 is 10.1 Å². The number of hydrogen-bond donors (Lipinski definition) is 2. The van der Waals surface area contributed by atoms with E-state index < -0.39 is 12.1 Å². The average Bonchev–Trinajstić information content (AvgIpc) is 2.29. The molecule has 1 rings (SSSR count). The zero-order valence-electron chi connectivity index (χ0n) is 10.7. The van der Waals surface area contributed by atoms with Crippen molar-refractivity contribution in [2.75, 3.05) is 12.4 Å². The molecule has 0 unspecified atom stereocenters. The second-order valence-electron chi connectivity index (χ2n) is 3.92. The topological polar surface area (TPSA) is 84.9 Å². The van der Waals surface area contributed by atoms with Crippen LogP contribution in [0.5, 0.6) is 5.75 Å². The molecule has 6 nitrogen and oxygen atoms in total. The number of carboxylic acids is 1. The number of nitrogens with one attached hydrogen (secondary N) is 1. The van der Waals surface area contributed by atoms with E-state index in [9.17, 15) is 9.59 Å². The van der Waals surface area contributed by atoms with E-state index in [0.717, 1.165) is 0 Å². The molecule has 7 heteroatoms. The van der Waals surface area contributed by atoms with Gasteiger partial charge in [-0.05, 0) is 19.9 Å². The molecule has 1 amide bonds. The number of ether oxygens (including phenoxy) is 2. The second kappa shape index (κ2) is 6.29. The summed E-state index contributed by atoms with van der Waals surface area (Å²) >= 11 is 5.89. The van der Waals surface area contributed by atoms with Crippen LogP contribution in [0.25, 0.3) is 0 Å². The summed E-state index contributed by atoms with van der Waals surface area (Å²) in [7, 11) is 1.33. The van der Waals surface area contributed by atoms with Gasteiger partial charge >= 0.3 is 12.1 Å². The first-order chi connectivity index (χ1) is 8.85. The molecule has 0 heterocycles. The predicted molar refractivity (Wildman–Crippen MR) is 70.2 cm³/mol. The van der Waals surface area contributed by atoms with Crippen LogP contribution in [0.2, 0.25) is 5.02 Å². The van der Waals surface area contributed by atoms with Crippen LogP contribution in [0.3, 0.4) is 0 Å². The number of benzene rings is 1. The molecule has 0 spiro atoms. The van der Waals surface area contributed by atoms with Gasteiger partial charge in [0.25, 0.3) is 0 Å². The summed E-state index contributed by atoms with van der Waals surface area (Å²) < 4.78 is 9.83. The molecule has 1 aromatic carbocycles. The maximum Gasteiger partial charge on any atom is 0.411 e. The molecule has 0 fully saturated rings. The number of carbonyl (C=O) groups is 2. The number of amides is 1. The van der Waals surface area contributed by atoms with E-state index in [0.29, 0.717) is 0 Å². The fraction of sp³-hybridized carbons (Fsp3) is 0.333. The summed E-state index contributed by atoms with van der Waals surface area (Å²) in [5.74, 6) is -1.08. The van der Waals surface area contributed by atoms with Gasteiger partial charge < -0.3 is 14.6 Å². The summed E-state index contributed by atoms with van der Waals surface area (Å²) in [6, 6.07) is 2.53. The van der Waals surface area contributed by atoms with Gasteiger partial charge in [-0.3, -0.25) is 5.32 Å². The summed E-state index contributed by atoms with van der Waals surface area (Å²) in [6.07, 6.45) is -0.957. The Hall–Kier alpha value is -1.95. The van der Waals surface area contributed by atoms with E-state index >= 15 is 0 Å². The number of hydrogen-bond acceptors (Lipinski definition) is 4. The molecule has 0 aliphatic heterocycles. The van der Waals surface area contributed by atoms with Gasteiger partial charge in [-0.1, -0.05) is 11.6 Å². The maximum absolute atomic E-state index is 11.4. The Morgan fingerprint density at radius 1 is 1.37 bits per heavy atom. The smallest absolute Gasteiger partial charge is 0.411 e. The monoisotopic (exact) mass is 287 g/mol. The molecule has 0 saturated heterocycles. The minimum atomic E-state index is -1.17. The number of halogens is 1. The van der Waals surface area contributed by atoms with E-state index in [-0.39, 0.29) is 28.1 Å². The summed E-state index contributed by atoms with van der Waals surface area (Å²) in [4.78, 5) is 22.4. The number of anilines is 1. The Morgan fingerprint density at radius 3 is 2.47 bits per heavy atom. The molecular formula is C12H14ClNO5. The second-order valence-corrected chi connectivity index (χ2v) is 4.32. The van der Waals surface area contributed by atoms with Crippen LogP contribution in [0.1, 0.15) is 24.2 Å². The number of aromatic carboxylic acids is 1. The van der Waals surface area contributed by atoms with Crippen molar-refractivity contribution >= 4 is 29.4 Å². The molecule has 2 N–H and O–H groups in total. The Bertz CT molecular complexity index is 501. The van der Waals surface area contributed by atoms with E-state index in [2.05, 4.69) is 5.32 Å². The molecule has 0 aromatic heterocycles. The molecule has 19 heavy (non-hydrogen) atoms. The zero-order valence-corrected chi connectivity index (χ0v) is 11.4. The number of carbonyl (C=O) groups excluding carboxylic acids is 1. The van der Waals surface area contributed by atoms with Gasteiger partial charge in [0.1, 0.15) is 11.3 Å². The van der Waals surface area contributed by atoms with Gasteiger partial charge in [-0.2, -0.15) is 0 Å². The first kappa shape index (κ1) is 15.1. The highest BCUT2D eigenvalue weighted by atomic mass is 35.5. The Labute approximate surface area is 115 Å². The minimum absolute atomic E-state index is 0.0823. The van der Waals surface area contributed by atoms with Crippen LogP contribution >= 0.6 is 11.6 Å². The summed E-state index contributed by atoms with van der Waals surface area (Å²) in [5, 5.41) is 11.5. The molecular weight excluding hydrogens is 274 g/mol. The molecule has 0 bridgehead atoms. The maximum atomic E-state index is 11.4. The number of carboxylic acid groups (broad SMARTS) is 1. The van der Waals surface area contributed by atoms with Gasteiger partial charge in [0.15, 0.2) is 0 Å². The molecule has 0 atom stereocenters. The van der Waals surface area contributed by atoms with Crippen molar-refractivity contribution < 1.29 is 24.2 Å². The number of rotatable bonds is 4. The third-order valence-corrected chi connectivity index (χ3v) is 2.41. The van der Waals surface area contributed by atoms with Crippen LogP contribution in [-0.4, -0.2) is 30.4 Å². The Balaban J connectivity index is 3.03. The zero-order chi connectivity index (χ0) is 14.6. The lowest BCUT2D eigenvalue weighted by Gasteiger charge is -2.13. The third-order valence-electron chi connectivity index (χ3n) is 2.10. The molecule has 104 valence electrons. The number of methoxy groups -OCH3 is 1. The molecule has 1 aromatic rings. The highest BCUT2D eigenvalue weighted by molar-refractivity contribution is 6.34. The molecule has 0 radical (unpaired) electrons. The first-order valence-corrected chi connectivity index (χ1v) is 5.81. The molecule has 0 saturated carbocycles. The fourth-order valence-corrected chi connectivity index (χ4v) is 1.55. The van der Waals surface area contributed by atoms with E-state index in [4.69, 9.17) is 26.2 Å². The Morgan fingerprint density at radius 2 is 2.00 bits per heavy atom. The van der Waals surface area contributed by atoms with Crippen molar-refractivity contribution in [2.24, 2.45) is 0 Å². The summed E-state index contributed by atoms with van der Waals surface area (Å²) in [5.41, 5.74) is 0.129. The van der Waals surface area contributed by atoms with Crippen molar-refractivity contribution in [3.05, 3.63) is 22.7 Å². The summed E-state index contributed by atoms with van der Waals surface area (Å²) in [6.45, 7) is 3.41. The van der Waals surface area contributed by atoms with Gasteiger partial charge in [-0.25, -0.2) is 9.59 Å². The van der Waals surface area contributed by atoms with Gasteiger partial charge in [0, 0.05) is 6.07 Å². The lowest BCUT2D eigenvalue weighted by Crippen LogP contribution is -2.18. The standard InChI is InChI=1S/C12H14ClNO5/c1-6(2)19-12(17)14-9-5-10(18-3)7(11(15)16)4-8(9)13/h4-6H,1-3H3,(H,14,17)(H,15,16). The van der Waals surface area contributed by atoms with Crippen molar-refractivity contribution in [1.29, 1.82) is 0 Å². The van der Waals surface area contributed by atoms with Crippen molar-refractivity contribution in [3.63, 3.8) is 0 Å². The van der Waals surface area contributed by atoms with E-state index in [1.165, 1.54) is 19.2 Å². The SMILES string of the molecule is COc1cc(NC(=O)OC(C)C)c(Cl)cc1C(=O)O. The Kier molecular flexibility index (Phi) is 5.00. The van der Waals surface area contributed by atoms with Crippen LogP contribution in [0, 0.1) is 0 Å². The average molecular weight is 288 g/mol. The normalized spacial score (nSPS) is 10.2. The minimum Gasteiger partial charge on any atom is -0.496 e. The van der Waals surface area contributed by atoms with E-state index in [1.807, 2.05) is 0 Å². The van der Waals surface area contributed by atoms with Crippen molar-refractivity contribution in [2.45, 2.75) is 20.0 Å². The van der Waals surface area contributed by atoms with Gasteiger partial charge in [0.05, 0.1) is 23.9 Å². The van der Waals surface area contributed by atoms with Crippen molar-refractivity contribution in [3.8, 4) is 5.75 Å². The van der Waals surface area contributed by atoms with E-state index in [1.54, 1.807) is 13.8 Å². The highest BCUT2D eigenvalue weighted by Gasteiger charge is 2.16.